The molecule has 0 spiro atoms. The molecule has 0 saturated heterocycles. The van der Waals surface area contributed by atoms with Gasteiger partial charge in [-0.2, -0.15) is 5.10 Å². The molecule has 0 fully saturated rings. The first-order valence-electron chi connectivity index (χ1n) is 10.9. The smallest absolute Gasteiger partial charge is 0.291 e. The highest BCUT2D eigenvalue weighted by atomic mass is 16.5. The number of ether oxygens (including phenoxy) is 1. The fourth-order valence-corrected chi connectivity index (χ4v) is 4.06. The summed E-state index contributed by atoms with van der Waals surface area (Å²) in [4.78, 5) is 26.2. The first-order valence-corrected chi connectivity index (χ1v) is 10.9. The third-order valence-corrected chi connectivity index (χ3v) is 5.57. The number of rotatable bonds is 7. The fraction of sp³-hybridized carbons (Fsp3) is 0.320. The zero-order valence-corrected chi connectivity index (χ0v) is 18.8. The molecule has 2 aromatic heterocycles. The van der Waals surface area contributed by atoms with Gasteiger partial charge in [0.05, 0.1) is 17.8 Å². The number of fused-ring (bicyclic) bond motifs is 3. The van der Waals surface area contributed by atoms with Crippen LogP contribution in [0.1, 0.15) is 38.8 Å². The van der Waals surface area contributed by atoms with Crippen LogP contribution < -0.4 is 15.6 Å². The van der Waals surface area contributed by atoms with E-state index in [2.05, 4.69) is 10.4 Å². The van der Waals surface area contributed by atoms with Crippen molar-refractivity contribution in [1.29, 1.82) is 0 Å². The molecule has 0 unspecified atom stereocenters. The van der Waals surface area contributed by atoms with Crippen molar-refractivity contribution in [3.05, 3.63) is 70.6 Å². The Morgan fingerprint density at radius 1 is 1.09 bits per heavy atom. The van der Waals surface area contributed by atoms with Gasteiger partial charge in [-0.15, -0.1) is 0 Å². The molecule has 7 nitrogen and oxygen atoms in total. The van der Waals surface area contributed by atoms with Crippen molar-refractivity contribution in [1.82, 2.24) is 19.7 Å². The van der Waals surface area contributed by atoms with Crippen molar-refractivity contribution in [3.8, 4) is 5.75 Å². The summed E-state index contributed by atoms with van der Waals surface area (Å²) in [5.41, 5.74) is 2.11. The molecule has 7 heteroatoms. The maximum atomic E-state index is 13.3. The summed E-state index contributed by atoms with van der Waals surface area (Å²) >= 11 is 0. The number of aryl methyl sites for hydroxylation is 1. The highest BCUT2D eigenvalue weighted by Gasteiger charge is 2.25. The third-order valence-electron chi connectivity index (χ3n) is 5.57. The normalized spacial score (nSPS) is 12.4. The van der Waals surface area contributed by atoms with E-state index in [0.717, 1.165) is 27.6 Å². The van der Waals surface area contributed by atoms with Gasteiger partial charge in [-0.25, -0.2) is 4.68 Å². The standard InChI is InChI=1S/C25H28N4O3/c1-5-21(24(30)26-14-17-10-12-18(13-11-17)32-16(2)3)29-22-9-7-6-8-19(22)20-15-27-28(4)25(31)23(20)29/h6-13,15-16,21H,5,14H2,1-4H3,(H,26,30)/t21-/m0/s1. The lowest BCUT2D eigenvalue weighted by Gasteiger charge is -2.19. The average Bonchev–Trinajstić information content (AvgIpc) is 3.11. The number of hydrogen-bond acceptors (Lipinski definition) is 4. The van der Waals surface area contributed by atoms with Crippen molar-refractivity contribution in [2.24, 2.45) is 7.05 Å². The molecule has 0 radical (unpaired) electrons. The maximum Gasteiger partial charge on any atom is 0.291 e. The van der Waals surface area contributed by atoms with Gasteiger partial charge in [-0.05, 0) is 44.0 Å². The monoisotopic (exact) mass is 432 g/mol. The minimum absolute atomic E-state index is 0.111. The van der Waals surface area contributed by atoms with Crippen LogP contribution in [0.5, 0.6) is 5.75 Å². The summed E-state index contributed by atoms with van der Waals surface area (Å²) in [6, 6.07) is 14.9. The molecule has 0 aliphatic heterocycles. The number of amides is 1. The summed E-state index contributed by atoms with van der Waals surface area (Å²) in [5, 5.41) is 8.89. The molecule has 0 aliphatic rings. The topological polar surface area (TPSA) is 78.2 Å². The van der Waals surface area contributed by atoms with E-state index in [4.69, 9.17) is 4.74 Å². The molecule has 4 rings (SSSR count). The number of aromatic nitrogens is 3. The van der Waals surface area contributed by atoms with Crippen LogP contribution in [0.15, 0.2) is 59.5 Å². The average molecular weight is 433 g/mol. The second kappa shape index (κ2) is 8.86. The van der Waals surface area contributed by atoms with Crippen molar-refractivity contribution in [2.45, 2.75) is 45.9 Å². The van der Waals surface area contributed by atoms with E-state index >= 15 is 0 Å². The van der Waals surface area contributed by atoms with Gasteiger partial charge in [0.1, 0.15) is 17.3 Å². The summed E-state index contributed by atoms with van der Waals surface area (Å²) in [6.45, 7) is 6.32. The molecular weight excluding hydrogens is 404 g/mol. The second-order valence-corrected chi connectivity index (χ2v) is 8.18. The number of carbonyl (C=O) groups excluding carboxylic acids is 1. The molecule has 0 saturated carbocycles. The van der Waals surface area contributed by atoms with Crippen LogP contribution in [0.2, 0.25) is 0 Å². The molecule has 0 bridgehead atoms. The van der Waals surface area contributed by atoms with Crippen LogP contribution >= 0.6 is 0 Å². The maximum absolute atomic E-state index is 13.3. The Balaban J connectivity index is 1.65. The Morgan fingerprint density at radius 2 is 1.81 bits per heavy atom. The highest BCUT2D eigenvalue weighted by Crippen LogP contribution is 2.30. The summed E-state index contributed by atoms with van der Waals surface area (Å²) in [7, 11) is 1.62. The molecule has 1 atom stereocenters. The Morgan fingerprint density at radius 3 is 2.50 bits per heavy atom. The van der Waals surface area contributed by atoms with E-state index in [0.29, 0.717) is 18.5 Å². The van der Waals surface area contributed by atoms with Gasteiger partial charge in [0, 0.05) is 24.4 Å². The molecule has 2 aromatic carbocycles. The van der Waals surface area contributed by atoms with Crippen LogP contribution in [0.3, 0.4) is 0 Å². The summed E-state index contributed by atoms with van der Waals surface area (Å²) in [5.74, 6) is 0.674. The molecule has 1 amide bonds. The minimum atomic E-state index is -0.518. The first kappa shape index (κ1) is 21.6. The number of nitrogens with zero attached hydrogens (tertiary/aromatic N) is 3. The van der Waals surface area contributed by atoms with Gasteiger partial charge < -0.3 is 14.6 Å². The van der Waals surface area contributed by atoms with Gasteiger partial charge >= 0.3 is 0 Å². The Labute approximate surface area is 186 Å². The van der Waals surface area contributed by atoms with Gasteiger partial charge in [0.2, 0.25) is 5.91 Å². The summed E-state index contributed by atoms with van der Waals surface area (Å²) in [6.07, 6.45) is 2.35. The molecule has 4 aromatic rings. The van der Waals surface area contributed by atoms with Crippen molar-refractivity contribution >= 4 is 27.7 Å². The minimum Gasteiger partial charge on any atom is -0.491 e. The second-order valence-electron chi connectivity index (χ2n) is 8.18. The lowest BCUT2D eigenvalue weighted by molar-refractivity contribution is -0.124. The van der Waals surface area contributed by atoms with Crippen LogP contribution in [0.25, 0.3) is 21.8 Å². The van der Waals surface area contributed by atoms with Gasteiger partial charge in [-0.1, -0.05) is 37.3 Å². The zero-order valence-electron chi connectivity index (χ0n) is 18.8. The lowest BCUT2D eigenvalue weighted by Crippen LogP contribution is -2.33. The fourth-order valence-electron chi connectivity index (χ4n) is 4.06. The Bertz CT molecular complexity index is 1320. The number of nitrogens with one attached hydrogen (secondary N) is 1. The SMILES string of the molecule is CC[C@@H](C(=O)NCc1ccc(OC(C)C)cc1)n1c2ccccc2c2cnn(C)c(=O)c21. The molecule has 1 N–H and O–H groups in total. The van der Waals surface area contributed by atoms with Crippen LogP contribution in [-0.4, -0.2) is 26.4 Å². The van der Waals surface area contributed by atoms with Crippen molar-refractivity contribution in [2.75, 3.05) is 0 Å². The molecule has 166 valence electrons. The van der Waals surface area contributed by atoms with E-state index in [-0.39, 0.29) is 17.6 Å². The Kier molecular flexibility index (Phi) is 5.99. The van der Waals surface area contributed by atoms with Crippen LogP contribution in [-0.2, 0) is 18.4 Å². The number of hydrogen-bond donors (Lipinski definition) is 1. The molecule has 2 heterocycles. The lowest BCUT2D eigenvalue weighted by atomic mass is 10.1. The van der Waals surface area contributed by atoms with Crippen LogP contribution in [0, 0.1) is 0 Å². The third kappa shape index (κ3) is 3.98. The van der Waals surface area contributed by atoms with Gasteiger partial charge in [0.15, 0.2) is 0 Å². The molecule has 32 heavy (non-hydrogen) atoms. The van der Waals surface area contributed by atoms with E-state index in [1.165, 1.54) is 4.68 Å². The Hall–Kier alpha value is -3.61. The number of benzene rings is 2. The van der Waals surface area contributed by atoms with E-state index in [9.17, 15) is 9.59 Å². The van der Waals surface area contributed by atoms with Gasteiger partial charge in [-0.3, -0.25) is 9.59 Å². The molecular formula is C25H28N4O3. The zero-order chi connectivity index (χ0) is 22.8. The quantitative estimate of drug-likeness (QED) is 0.480. The number of para-hydroxylation sites is 1. The largest absolute Gasteiger partial charge is 0.491 e. The predicted molar refractivity (Wildman–Crippen MR) is 126 cm³/mol. The van der Waals surface area contributed by atoms with E-state index < -0.39 is 6.04 Å². The first-order chi connectivity index (χ1) is 15.4. The van der Waals surface area contributed by atoms with Crippen molar-refractivity contribution in [3.63, 3.8) is 0 Å². The molecule has 0 aliphatic carbocycles. The van der Waals surface area contributed by atoms with Crippen LogP contribution in [0.4, 0.5) is 0 Å². The van der Waals surface area contributed by atoms with E-state index in [1.54, 1.807) is 13.2 Å². The summed E-state index contributed by atoms with van der Waals surface area (Å²) < 4.78 is 8.85. The highest BCUT2D eigenvalue weighted by molar-refractivity contribution is 6.08. The number of carbonyl (C=O) groups is 1. The van der Waals surface area contributed by atoms with E-state index in [1.807, 2.05) is 73.9 Å². The van der Waals surface area contributed by atoms with Crippen molar-refractivity contribution < 1.29 is 9.53 Å². The van der Waals surface area contributed by atoms with Gasteiger partial charge in [0.25, 0.3) is 5.56 Å². The predicted octanol–water partition coefficient (Wildman–Crippen LogP) is 3.94.